The second-order valence-electron chi connectivity index (χ2n) is 6.82. The quantitative estimate of drug-likeness (QED) is 0.853. The van der Waals surface area contributed by atoms with Crippen LogP contribution in [0.2, 0.25) is 0 Å². The Balaban J connectivity index is 1.47. The number of hydrogen-bond acceptors (Lipinski definition) is 4. The normalized spacial score (nSPS) is 25.5. The minimum atomic E-state index is 0.0383. The van der Waals surface area contributed by atoms with Crippen LogP contribution in [-0.4, -0.2) is 73.0 Å². The van der Waals surface area contributed by atoms with Crippen molar-refractivity contribution >= 4 is 5.91 Å². The van der Waals surface area contributed by atoms with E-state index in [-0.39, 0.29) is 5.91 Å². The van der Waals surface area contributed by atoms with Crippen LogP contribution in [0.25, 0.3) is 0 Å². The SMILES string of the molecule is CC1CN(C)CCN1CC1CCN(C(=O)c2ccco2)CC1. The van der Waals surface area contributed by atoms with Gasteiger partial charge in [0.15, 0.2) is 5.76 Å². The number of carbonyl (C=O) groups is 1. The lowest BCUT2D eigenvalue weighted by Gasteiger charge is -2.41. The minimum absolute atomic E-state index is 0.0383. The van der Waals surface area contributed by atoms with Gasteiger partial charge in [-0.25, -0.2) is 0 Å². The van der Waals surface area contributed by atoms with Gasteiger partial charge in [0, 0.05) is 45.3 Å². The summed E-state index contributed by atoms with van der Waals surface area (Å²) in [5, 5.41) is 0. The molecule has 1 unspecified atom stereocenters. The van der Waals surface area contributed by atoms with Crippen LogP contribution in [0.15, 0.2) is 22.8 Å². The van der Waals surface area contributed by atoms with Gasteiger partial charge in [-0.2, -0.15) is 0 Å². The average Bonchev–Trinajstić information content (AvgIpc) is 3.04. The van der Waals surface area contributed by atoms with Crippen molar-refractivity contribution in [3.8, 4) is 0 Å². The largest absolute Gasteiger partial charge is 0.459 e. The van der Waals surface area contributed by atoms with Crippen LogP contribution in [0.4, 0.5) is 0 Å². The zero-order chi connectivity index (χ0) is 15.5. The summed E-state index contributed by atoms with van der Waals surface area (Å²) < 4.78 is 5.22. The number of likely N-dealkylation sites (N-methyl/N-ethyl adjacent to an activating group) is 1. The predicted octanol–water partition coefficient (Wildman–Crippen LogP) is 1.77. The van der Waals surface area contributed by atoms with Gasteiger partial charge in [-0.15, -0.1) is 0 Å². The molecule has 2 saturated heterocycles. The highest BCUT2D eigenvalue weighted by molar-refractivity contribution is 5.91. The van der Waals surface area contributed by atoms with E-state index in [2.05, 4.69) is 23.8 Å². The molecule has 2 fully saturated rings. The summed E-state index contributed by atoms with van der Waals surface area (Å²) >= 11 is 0. The van der Waals surface area contributed by atoms with Gasteiger partial charge in [-0.3, -0.25) is 9.69 Å². The highest BCUT2D eigenvalue weighted by Gasteiger charge is 2.28. The molecule has 3 rings (SSSR count). The first-order valence-electron chi connectivity index (χ1n) is 8.39. The van der Waals surface area contributed by atoms with Crippen molar-refractivity contribution in [3.05, 3.63) is 24.2 Å². The van der Waals surface area contributed by atoms with E-state index in [1.165, 1.54) is 19.6 Å². The van der Waals surface area contributed by atoms with Crippen LogP contribution < -0.4 is 0 Å². The molecule has 1 aromatic heterocycles. The lowest BCUT2D eigenvalue weighted by atomic mass is 9.95. The van der Waals surface area contributed by atoms with Gasteiger partial charge in [0.25, 0.3) is 5.91 Å². The third kappa shape index (κ3) is 3.52. The third-order valence-electron chi connectivity index (χ3n) is 5.09. The number of nitrogens with zero attached hydrogens (tertiary/aromatic N) is 3. The maximum Gasteiger partial charge on any atom is 0.289 e. The fourth-order valence-corrected chi connectivity index (χ4v) is 3.65. The predicted molar refractivity (Wildman–Crippen MR) is 85.9 cm³/mol. The Kier molecular flexibility index (Phi) is 4.84. The summed E-state index contributed by atoms with van der Waals surface area (Å²) in [6.07, 6.45) is 3.77. The molecule has 0 radical (unpaired) electrons. The molecule has 0 bridgehead atoms. The Bertz CT molecular complexity index is 480. The average molecular weight is 305 g/mol. The zero-order valence-electron chi connectivity index (χ0n) is 13.7. The number of rotatable bonds is 3. The van der Waals surface area contributed by atoms with Crippen LogP contribution in [0.1, 0.15) is 30.3 Å². The number of piperidine rings is 1. The molecule has 122 valence electrons. The van der Waals surface area contributed by atoms with Gasteiger partial charge >= 0.3 is 0 Å². The molecule has 1 amide bonds. The Labute approximate surface area is 132 Å². The smallest absolute Gasteiger partial charge is 0.289 e. The van der Waals surface area contributed by atoms with E-state index in [0.29, 0.717) is 17.7 Å². The van der Waals surface area contributed by atoms with Crippen LogP contribution in [0, 0.1) is 5.92 Å². The topological polar surface area (TPSA) is 39.9 Å². The van der Waals surface area contributed by atoms with E-state index in [9.17, 15) is 4.79 Å². The van der Waals surface area contributed by atoms with Crippen LogP contribution in [0.3, 0.4) is 0 Å². The summed E-state index contributed by atoms with van der Waals surface area (Å²) in [6, 6.07) is 4.16. The Hall–Kier alpha value is -1.33. The summed E-state index contributed by atoms with van der Waals surface area (Å²) in [5.41, 5.74) is 0. The molecule has 5 heteroatoms. The molecule has 5 nitrogen and oxygen atoms in total. The third-order valence-corrected chi connectivity index (χ3v) is 5.09. The highest BCUT2D eigenvalue weighted by Crippen LogP contribution is 2.22. The summed E-state index contributed by atoms with van der Waals surface area (Å²) in [5.74, 6) is 1.22. The molecule has 0 N–H and O–H groups in total. The van der Waals surface area contributed by atoms with Gasteiger partial charge in [-0.1, -0.05) is 0 Å². The summed E-state index contributed by atoms with van der Waals surface area (Å²) in [7, 11) is 2.20. The van der Waals surface area contributed by atoms with Crippen molar-refractivity contribution in [1.29, 1.82) is 0 Å². The van der Waals surface area contributed by atoms with Crippen molar-refractivity contribution in [3.63, 3.8) is 0 Å². The Morgan fingerprint density at radius 3 is 2.68 bits per heavy atom. The van der Waals surface area contributed by atoms with Crippen molar-refractivity contribution in [2.45, 2.75) is 25.8 Å². The molecule has 1 atom stereocenters. The van der Waals surface area contributed by atoms with E-state index in [4.69, 9.17) is 4.42 Å². The number of hydrogen-bond donors (Lipinski definition) is 0. The molecular formula is C17H27N3O2. The van der Waals surface area contributed by atoms with Crippen molar-refractivity contribution in [2.75, 3.05) is 46.3 Å². The molecule has 0 aliphatic carbocycles. The first kappa shape index (κ1) is 15.6. The minimum Gasteiger partial charge on any atom is -0.459 e. The van der Waals surface area contributed by atoms with Crippen molar-refractivity contribution < 1.29 is 9.21 Å². The second kappa shape index (κ2) is 6.84. The number of furan rings is 1. The molecule has 3 heterocycles. The number of piperazine rings is 1. The number of carbonyl (C=O) groups excluding carboxylic acids is 1. The van der Waals surface area contributed by atoms with E-state index in [0.717, 1.165) is 32.5 Å². The van der Waals surface area contributed by atoms with Crippen LogP contribution in [-0.2, 0) is 0 Å². The van der Waals surface area contributed by atoms with E-state index in [1.807, 2.05) is 4.90 Å². The second-order valence-corrected chi connectivity index (χ2v) is 6.82. The van der Waals surface area contributed by atoms with Gasteiger partial charge in [-0.05, 0) is 44.9 Å². The van der Waals surface area contributed by atoms with Crippen LogP contribution in [0.5, 0.6) is 0 Å². The van der Waals surface area contributed by atoms with Crippen molar-refractivity contribution in [1.82, 2.24) is 14.7 Å². The molecular weight excluding hydrogens is 278 g/mol. The van der Waals surface area contributed by atoms with Gasteiger partial charge in [0.2, 0.25) is 0 Å². The van der Waals surface area contributed by atoms with E-state index in [1.54, 1.807) is 18.4 Å². The summed E-state index contributed by atoms with van der Waals surface area (Å²) in [4.78, 5) is 19.2. The van der Waals surface area contributed by atoms with Gasteiger partial charge in [0.05, 0.1) is 6.26 Å². The Morgan fingerprint density at radius 2 is 2.05 bits per heavy atom. The fraction of sp³-hybridized carbons (Fsp3) is 0.706. The number of amides is 1. The summed E-state index contributed by atoms with van der Waals surface area (Å²) in [6.45, 7) is 8.71. The molecule has 0 saturated carbocycles. The van der Waals surface area contributed by atoms with E-state index < -0.39 is 0 Å². The molecule has 1 aromatic rings. The zero-order valence-corrected chi connectivity index (χ0v) is 13.7. The lowest BCUT2D eigenvalue weighted by molar-refractivity contribution is 0.0536. The first-order chi connectivity index (χ1) is 10.6. The fourth-order valence-electron chi connectivity index (χ4n) is 3.65. The first-order valence-corrected chi connectivity index (χ1v) is 8.39. The van der Waals surface area contributed by atoms with Crippen LogP contribution >= 0.6 is 0 Å². The molecule has 0 aromatic carbocycles. The maximum atomic E-state index is 12.3. The van der Waals surface area contributed by atoms with Crippen molar-refractivity contribution in [2.24, 2.45) is 5.92 Å². The lowest BCUT2D eigenvalue weighted by Crippen LogP contribution is -2.52. The van der Waals surface area contributed by atoms with E-state index >= 15 is 0 Å². The molecule has 22 heavy (non-hydrogen) atoms. The number of likely N-dealkylation sites (tertiary alicyclic amines) is 1. The van der Waals surface area contributed by atoms with Gasteiger partial charge in [0.1, 0.15) is 0 Å². The highest BCUT2D eigenvalue weighted by atomic mass is 16.3. The van der Waals surface area contributed by atoms with Gasteiger partial charge < -0.3 is 14.2 Å². The maximum absolute atomic E-state index is 12.3. The molecule has 2 aliphatic heterocycles. The monoisotopic (exact) mass is 305 g/mol. The standard InChI is InChI=1S/C17H27N3O2/c1-14-12-18(2)9-10-20(14)13-15-5-7-19(8-6-15)17(21)16-4-3-11-22-16/h3-4,11,14-15H,5-10,12-13H2,1-2H3. The molecule has 0 spiro atoms. The Morgan fingerprint density at radius 1 is 1.27 bits per heavy atom. The molecule has 2 aliphatic rings.